The SMILES string of the molecule is CC(OC(=O)c1ccc(S(C)(=O)=O)c([N+](=O)[O-])c1)c1ccc(F)cc1F. The number of esters is 1. The van der Waals surface area contributed by atoms with Crippen LogP contribution in [0.3, 0.4) is 0 Å². The van der Waals surface area contributed by atoms with Gasteiger partial charge >= 0.3 is 5.97 Å². The van der Waals surface area contributed by atoms with Crippen LogP contribution in [0.5, 0.6) is 0 Å². The summed E-state index contributed by atoms with van der Waals surface area (Å²) in [7, 11) is -3.88. The van der Waals surface area contributed by atoms with E-state index in [-0.39, 0.29) is 11.1 Å². The van der Waals surface area contributed by atoms with Crippen molar-refractivity contribution in [2.45, 2.75) is 17.9 Å². The van der Waals surface area contributed by atoms with Gasteiger partial charge in [0.25, 0.3) is 5.69 Å². The van der Waals surface area contributed by atoms with Gasteiger partial charge < -0.3 is 4.74 Å². The first-order chi connectivity index (χ1) is 12.0. The average molecular weight is 385 g/mol. The Morgan fingerprint density at radius 1 is 1.19 bits per heavy atom. The highest BCUT2D eigenvalue weighted by Gasteiger charge is 2.25. The average Bonchev–Trinajstić information content (AvgIpc) is 2.53. The lowest BCUT2D eigenvalue weighted by Crippen LogP contribution is -2.12. The van der Waals surface area contributed by atoms with E-state index >= 15 is 0 Å². The molecule has 1 atom stereocenters. The number of carbonyl (C=O) groups is 1. The molecule has 2 rings (SSSR count). The summed E-state index contributed by atoms with van der Waals surface area (Å²) in [6, 6.07) is 5.48. The lowest BCUT2D eigenvalue weighted by molar-refractivity contribution is -0.387. The summed E-state index contributed by atoms with van der Waals surface area (Å²) in [4.78, 5) is 21.7. The summed E-state index contributed by atoms with van der Waals surface area (Å²) in [6.07, 6.45) is -0.302. The normalized spacial score (nSPS) is 12.5. The van der Waals surface area contributed by atoms with Crippen LogP contribution < -0.4 is 0 Å². The number of nitro groups is 1. The molecule has 0 radical (unpaired) electrons. The summed E-state index contributed by atoms with van der Waals surface area (Å²) in [5.41, 5.74) is -1.14. The van der Waals surface area contributed by atoms with Crippen molar-refractivity contribution in [1.29, 1.82) is 0 Å². The van der Waals surface area contributed by atoms with E-state index in [1.54, 1.807) is 0 Å². The standard InChI is InChI=1S/C16H13F2NO6S/c1-9(12-5-4-11(17)8-13(12)18)25-16(20)10-3-6-15(26(2,23)24)14(7-10)19(21)22/h3-9H,1-2H3. The zero-order valence-corrected chi connectivity index (χ0v) is 14.4. The Bertz CT molecular complexity index is 990. The van der Waals surface area contributed by atoms with Gasteiger partial charge in [-0.15, -0.1) is 0 Å². The molecule has 0 aliphatic rings. The van der Waals surface area contributed by atoms with E-state index in [1.165, 1.54) is 6.92 Å². The maximum absolute atomic E-state index is 13.7. The molecule has 0 aliphatic heterocycles. The quantitative estimate of drug-likeness (QED) is 0.445. The van der Waals surface area contributed by atoms with Crippen LogP contribution in [0.1, 0.15) is 28.9 Å². The second-order valence-corrected chi connectivity index (χ2v) is 7.41. The zero-order valence-electron chi connectivity index (χ0n) is 13.6. The lowest BCUT2D eigenvalue weighted by Gasteiger charge is -2.14. The number of ether oxygens (including phenoxy) is 1. The van der Waals surface area contributed by atoms with E-state index < -0.39 is 49.1 Å². The maximum Gasteiger partial charge on any atom is 0.338 e. The van der Waals surface area contributed by atoms with Crippen molar-refractivity contribution >= 4 is 21.5 Å². The number of nitrogens with zero attached hydrogens (tertiary/aromatic N) is 1. The monoisotopic (exact) mass is 385 g/mol. The van der Waals surface area contributed by atoms with Gasteiger partial charge in [0.15, 0.2) is 9.84 Å². The summed E-state index contributed by atoms with van der Waals surface area (Å²) in [6.45, 7) is 1.34. The summed E-state index contributed by atoms with van der Waals surface area (Å²) < 4.78 is 54.8. The van der Waals surface area contributed by atoms with Gasteiger partial charge in [-0.2, -0.15) is 0 Å². The predicted molar refractivity (Wildman–Crippen MR) is 86.4 cm³/mol. The van der Waals surface area contributed by atoms with E-state index in [4.69, 9.17) is 4.74 Å². The third kappa shape index (κ3) is 4.20. The minimum Gasteiger partial charge on any atom is -0.454 e. The smallest absolute Gasteiger partial charge is 0.338 e. The molecule has 138 valence electrons. The predicted octanol–water partition coefficient (Wildman–Crippen LogP) is 3.19. The Morgan fingerprint density at radius 3 is 2.38 bits per heavy atom. The summed E-state index contributed by atoms with van der Waals surface area (Å²) >= 11 is 0. The molecule has 0 fully saturated rings. The van der Waals surface area contributed by atoms with Gasteiger partial charge in [0.2, 0.25) is 0 Å². The molecule has 2 aromatic carbocycles. The molecule has 0 saturated heterocycles. The fourth-order valence-electron chi connectivity index (χ4n) is 2.22. The number of nitro benzene ring substituents is 1. The number of hydrogen-bond donors (Lipinski definition) is 0. The highest BCUT2D eigenvalue weighted by Crippen LogP contribution is 2.27. The van der Waals surface area contributed by atoms with E-state index in [0.29, 0.717) is 6.07 Å². The number of sulfone groups is 1. The van der Waals surface area contributed by atoms with Crippen LogP contribution in [0.2, 0.25) is 0 Å². The number of hydrogen-bond acceptors (Lipinski definition) is 6. The molecule has 0 saturated carbocycles. The molecule has 2 aromatic rings. The van der Waals surface area contributed by atoms with Crippen LogP contribution in [-0.4, -0.2) is 25.6 Å². The van der Waals surface area contributed by atoms with Crippen molar-refractivity contribution in [3.63, 3.8) is 0 Å². The molecule has 0 aromatic heterocycles. The lowest BCUT2D eigenvalue weighted by atomic mass is 10.1. The van der Waals surface area contributed by atoms with Crippen molar-refractivity contribution in [2.24, 2.45) is 0 Å². The van der Waals surface area contributed by atoms with Crippen LogP contribution in [0, 0.1) is 21.7 Å². The molecule has 0 aliphatic carbocycles. The van der Waals surface area contributed by atoms with Crippen molar-refractivity contribution in [2.75, 3.05) is 6.26 Å². The Balaban J connectivity index is 2.32. The molecule has 7 nitrogen and oxygen atoms in total. The topological polar surface area (TPSA) is 104 Å². The second kappa shape index (κ2) is 7.16. The Hall–Kier alpha value is -2.88. The molecular formula is C16H13F2NO6S. The van der Waals surface area contributed by atoms with Crippen LogP contribution in [0.4, 0.5) is 14.5 Å². The largest absolute Gasteiger partial charge is 0.454 e. The minimum absolute atomic E-state index is 0.0815. The van der Waals surface area contributed by atoms with Crippen LogP contribution in [-0.2, 0) is 14.6 Å². The zero-order chi connectivity index (χ0) is 19.6. The van der Waals surface area contributed by atoms with Gasteiger partial charge in [0, 0.05) is 24.0 Å². The molecule has 0 heterocycles. The molecular weight excluding hydrogens is 372 g/mol. The van der Waals surface area contributed by atoms with E-state index in [2.05, 4.69) is 0 Å². The van der Waals surface area contributed by atoms with Crippen molar-refractivity contribution in [3.05, 3.63) is 69.3 Å². The van der Waals surface area contributed by atoms with Gasteiger partial charge in [-0.3, -0.25) is 10.1 Å². The molecule has 1 unspecified atom stereocenters. The van der Waals surface area contributed by atoms with Gasteiger partial charge in [0.1, 0.15) is 22.6 Å². The third-order valence-corrected chi connectivity index (χ3v) is 4.62. The maximum atomic E-state index is 13.7. The van der Waals surface area contributed by atoms with Crippen LogP contribution >= 0.6 is 0 Å². The number of benzene rings is 2. The summed E-state index contributed by atoms with van der Waals surface area (Å²) in [5, 5.41) is 11.1. The van der Waals surface area contributed by atoms with Gasteiger partial charge in [0.05, 0.1) is 10.5 Å². The molecule has 26 heavy (non-hydrogen) atoms. The summed E-state index contributed by atoms with van der Waals surface area (Å²) in [5.74, 6) is -2.73. The highest BCUT2D eigenvalue weighted by atomic mass is 32.2. The van der Waals surface area contributed by atoms with Crippen molar-refractivity contribution < 1.29 is 31.7 Å². The Labute approximate surface area is 147 Å². The third-order valence-electron chi connectivity index (χ3n) is 3.48. The van der Waals surface area contributed by atoms with Gasteiger partial charge in [-0.05, 0) is 31.2 Å². The van der Waals surface area contributed by atoms with Crippen LogP contribution in [0.15, 0.2) is 41.3 Å². The van der Waals surface area contributed by atoms with Gasteiger partial charge in [-0.25, -0.2) is 22.0 Å². The first-order valence-electron chi connectivity index (χ1n) is 7.15. The molecule has 0 amide bonds. The molecule has 0 spiro atoms. The molecule has 0 N–H and O–H groups in total. The minimum atomic E-state index is -3.88. The first-order valence-corrected chi connectivity index (χ1v) is 9.04. The van der Waals surface area contributed by atoms with Crippen molar-refractivity contribution in [3.8, 4) is 0 Å². The first kappa shape index (κ1) is 19.4. The highest BCUT2D eigenvalue weighted by molar-refractivity contribution is 7.90. The number of carbonyl (C=O) groups excluding carboxylic acids is 1. The van der Waals surface area contributed by atoms with E-state index in [1.807, 2.05) is 0 Å². The fraction of sp³-hybridized carbons (Fsp3) is 0.188. The molecule has 0 bridgehead atoms. The number of halogens is 2. The van der Waals surface area contributed by atoms with Gasteiger partial charge in [-0.1, -0.05) is 0 Å². The molecule has 10 heteroatoms. The van der Waals surface area contributed by atoms with Crippen LogP contribution in [0.25, 0.3) is 0 Å². The van der Waals surface area contributed by atoms with E-state index in [9.17, 15) is 32.1 Å². The fourth-order valence-corrected chi connectivity index (χ4v) is 3.05. The second-order valence-electron chi connectivity index (χ2n) is 5.43. The van der Waals surface area contributed by atoms with Crippen molar-refractivity contribution in [1.82, 2.24) is 0 Å². The number of rotatable bonds is 5. The Kier molecular flexibility index (Phi) is 5.36. The Morgan fingerprint density at radius 2 is 1.85 bits per heavy atom. The van der Waals surface area contributed by atoms with E-state index in [0.717, 1.165) is 36.6 Å².